The Balaban J connectivity index is 1.51. The highest BCUT2D eigenvalue weighted by atomic mass is 32.1. The normalized spacial score (nSPS) is 13.8. The minimum absolute atomic E-state index is 0.156. The lowest BCUT2D eigenvalue weighted by Gasteiger charge is -2.31. The number of benzene rings is 2. The second-order valence-corrected chi connectivity index (χ2v) is 10.2. The molecule has 3 amide bonds. The van der Waals surface area contributed by atoms with Gasteiger partial charge in [0.2, 0.25) is 5.91 Å². The summed E-state index contributed by atoms with van der Waals surface area (Å²) in [7, 11) is 0. The number of anilines is 1. The number of nitrogens with zero attached hydrogens (tertiary/aromatic N) is 3. The third kappa shape index (κ3) is 8.08. The Labute approximate surface area is 225 Å². The summed E-state index contributed by atoms with van der Waals surface area (Å²) in [5.41, 5.74) is 2.19. The zero-order valence-electron chi connectivity index (χ0n) is 21.4. The molecule has 0 spiro atoms. The van der Waals surface area contributed by atoms with E-state index in [1.807, 2.05) is 18.4 Å². The van der Waals surface area contributed by atoms with E-state index in [9.17, 15) is 18.4 Å². The number of hydrogen-bond donors (Lipinski definition) is 1. The number of nitrogens with one attached hydrogen (secondary N) is 1. The molecule has 7 nitrogen and oxygen atoms in total. The van der Waals surface area contributed by atoms with Crippen LogP contribution in [0.1, 0.15) is 16.0 Å². The lowest BCUT2D eigenvalue weighted by Crippen LogP contribution is -2.48. The van der Waals surface area contributed by atoms with Gasteiger partial charge in [-0.15, -0.1) is 11.3 Å². The Hall–Kier alpha value is -3.34. The lowest BCUT2D eigenvalue weighted by atomic mass is 10.2. The van der Waals surface area contributed by atoms with Crippen molar-refractivity contribution in [2.24, 2.45) is 0 Å². The number of hydrogen-bond acceptors (Lipinski definition) is 5. The molecule has 38 heavy (non-hydrogen) atoms. The maximum atomic E-state index is 13.7. The first-order valence-electron chi connectivity index (χ1n) is 12.5. The molecule has 2 aromatic carbocycles. The van der Waals surface area contributed by atoms with Crippen LogP contribution in [0.15, 0.2) is 60.0 Å². The third-order valence-electron chi connectivity index (χ3n) is 6.42. The van der Waals surface area contributed by atoms with Crippen LogP contribution in [0.25, 0.3) is 0 Å². The fraction of sp³-hybridized carbons (Fsp3) is 0.357. The smallest absolute Gasteiger partial charge is 0.322 e. The number of urea groups is 1. The lowest BCUT2D eigenvalue weighted by molar-refractivity contribution is -0.133. The van der Waals surface area contributed by atoms with Gasteiger partial charge < -0.3 is 19.9 Å². The molecule has 0 aliphatic carbocycles. The van der Waals surface area contributed by atoms with Gasteiger partial charge in [0.1, 0.15) is 18.2 Å². The number of thiophene rings is 1. The summed E-state index contributed by atoms with van der Waals surface area (Å²) < 4.78 is 32.6. The van der Waals surface area contributed by atoms with Crippen molar-refractivity contribution in [3.05, 3.63) is 87.6 Å². The van der Waals surface area contributed by atoms with E-state index in [1.54, 1.807) is 34.4 Å². The van der Waals surface area contributed by atoms with Gasteiger partial charge in [0.05, 0.1) is 19.8 Å². The van der Waals surface area contributed by atoms with Crippen LogP contribution in [-0.2, 0) is 22.6 Å². The van der Waals surface area contributed by atoms with Gasteiger partial charge in [-0.05, 0) is 59.8 Å². The molecule has 2 heterocycles. The number of aryl methyl sites for hydroxylation is 1. The van der Waals surface area contributed by atoms with E-state index in [4.69, 9.17) is 4.74 Å². The summed E-state index contributed by atoms with van der Waals surface area (Å²) in [4.78, 5) is 33.3. The van der Waals surface area contributed by atoms with Crippen molar-refractivity contribution in [1.82, 2.24) is 14.7 Å². The van der Waals surface area contributed by atoms with Crippen molar-refractivity contribution in [3.63, 3.8) is 0 Å². The van der Waals surface area contributed by atoms with E-state index in [1.165, 1.54) is 35.2 Å². The van der Waals surface area contributed by atoms with Crippen LogP contribution in [0.3, 0.4) is 0 Å². The van der Waals surface area contributed by atoms with Gasteiger partial charge in [-0.25, -0.2) is 13.6 Å². The van der Waals surface area contributed by atoms with Gasteiger partial charge in [-0.2, -0.15) is 0 Å². The monoisotopic (exact) mass is 542 g/mol. The quantitative estimate of drug-likeness (QED) is 0.402. The summed E-state index contributed by atoms with van der Waals surface area (Å²) in [5, 5.41) is 4.70. The van der Waals surface area contributed by atoms with E-state index in [-0.39, 0.29) is 24.8 Å². The molecule has 0 bridgehead atoms. The molecule has 0 unspecified atom stereocenters. The van der Waals surface area contributed by atoms with Crippen LogP contribution in [0.4, 0.5) is 19.3 Å². The summed E-state index contributed by atoms with van der Waals surface area (Å²) in [5.74, 6) is -1.04. The summed E-state index contributed by atoms with van der Waals surface area (Å²) in [6, 6.07) is 13.2. The van der Waals surface area contributed by atoms with Crippen LogP contribution in [-0.4, -0.2) is 72.6 Å². The first kappa shape index (κ1) is 27.7. The Morgan fingerprint density at radius 2 is 1.76 bits per heavy atom. The van der Waals surface area contributed by atoms with E-state index in [0.29, 0.717) is 38.5 Å². The number of rotatable bonds is 10. The standard InChI is InChI=1S/C28H32F2N4O3S/c1-21-9-16-38-26(21)19-34(18-22-5-7-23(29)8-6-22)27(35)20-33(11-10-32-12-14-37-15-13-32)28(36)31-25-4-2-3-24(30)17-25/h2-9,16-17H,10-15,18-20H2,1H3,(H,31,36). The van der Waals surface area contributed by atoms with Gasteiger partial charge in [0, 0.05) is 43.3 Å². The van der Waals surface area contributed by atoms with E-state index >= 15 is 0 Å². The van der Waals surface area contributed by atoms with Crippen molar-refractivity contribution in [2.75, 3.05) is 51.3 Å². The molecule has 1 N–H and O–H groups in total. The Morgan fingerprint density at radius 1 is 1.00 bits per heavy atom. The van der Waals surface area contributed by atoms with Crippen molar-refractivity contribution < 1.29 is 23.1 Å². The predicted molar refractivity (Wildman–Crippen MR) is 144 cm³/mol. The van der Waals surface area contributed by atoms with E-state index in [0.717, 1.165) is 29.1 Å². The number of carbonyl (C=O) groups excluding carboxylic acids is 2. The zero-order valence-corrected chi connectivity index (χ0v) is 22.2. The topological polar surface area (TPSA) is 65.1 Å². The number of ether oxygens (including phenoxy) is 1. The second kappa shape index (κ2) is 13.5. The minimum Gasteiger partial charge on any atom is -0.379 e. The molecule has 0 radical (unpaired) electrons. The summed E-state index contributed by atoms with van der Waals surface area (Å²) >= 11 is 1.56. The zero-order chi connectivity index (χ0) is 26.9. The molecule has 1 saturated heterocycles. The first-order chi connectivity index (χ1) is 18.4. The van der Waals surface area contributed by atoms with E-state index < -0.39 is 11.8 Å². The third-order valence-corrected chi connectivity index (χ3v) is 7.43. The summed E-state index contributed by atoms with van der Waals surface area (Å²) in [6.07, 6.45) is 0. The fourth-order valence-corrected chi connectivity index (χ4v) is 5.07. The molecule has 0 atom stereocenters. The molecule has 1 aromatic heterocycles. The Kier molecular flexibility index (Phi) is 9.80. The Bertz CT molecular complexity index is 1210. The molecule has 0 saturated carbocycles. The number of halogens is 2. The average Bonchev–Trinajstić information content (AvgIpc) is 3.31. The van der Waals surface area contributed by atoms with Gasteiger partial charge in [0.15, 0.2) is 0 Å². The molecule has 202 valence electrons. The second-order valence-electron chi connectivity index (χ2n) is 9.22. The molecular formula is C28H32F2N4O3S. The van der Waals surface area contributed by atoms with Crippen molar-refractivity contribution >= 4 is 29.0 Å². The predicted octanol–water partition coefficient (Wildman–Crippen LogP) is 4.73. The molecular weight excluding hydrogens is 510 g/mol. The van der Waals surface area contributed by atoms with Crippen molar-refractivity contribution in [2.45, 2.75) is 20.0 Å². The van der Waals surface area contributed by atoms with E-state index in [2.05, 4.69) is 10.2 Å². The van der Waals surface area contributed by atoms with Gasteiger partial charge in [-0.3, -0.25) is 9.69 Å². The van der Waals surface area contributed by atoms with Crippen molar-refractivity contribution in [3.8, 4) is 0 Å². The highest BCUT2D eigenvalue weighted by Gasteiger charge is 2.24. The van der Waals surface area contributed by atoms with Crippen molar-refractivity contribution in [1.29, 1.82) is 0 Å². The SMILES string of the molecule is Cc1ccsc1CN(Cc1ccc(F)cc1)C(=O)CN(CCN1CCOCC1)C(=O)Nc1cccc(F)c1. The van der Waals surface area contributed by atoms with Crippen LogP contribution >= 0.6 is 11.3 Å². The first-order valence-corrected chi connectivity index (χ1v) is 13.4. The minimum atomic E-state index is -0.480. The van der Waals surface area contributed by atoms with Gasteiger partial charge in [-0.1, -0.05) is 18.2 Å². The molecule has 1 aliphatic heterocycles. The Morgan fingerprint density at radius 3 is 2.45 bits per heavy atom. The van der Waals surface area contributed by atoms with Gasteiger partial charge in [0.25, 0.3) is 0 Å². The number of morpholine rings is 1. The maximum Gasteiger partial charge on any atom is 0.322 e. The van der Waals surface area contributed by atoms with Crippen LogP contribution in [0, 0.1) is 18.6 Å². The van der Waals surface area contributed by atoms with Crippen LogP contribution in [0.2, 0.25) is 0 Å². The number of amides is 3. The number of carbonyl (C=O) groups is 2. The largest absolute Gasteiger partial charge is 0.379 e. The molecule has 10 heteroatoms. The van der Waals surface area contributed by atoms with Crippen LogP contribution < -0.4 is 5.32 Å². The maximum absolute atomic E-state index is 13.7. The average molecular weight is 543 g/mol. The molecule has 1 fully saturated rings. The highest BCUT2D eigenvalue weighted by molar-refractivity contribution is 7.10. The molecule has 4 rings (SSSR count). The van der Waals surface area contributed by atoms with Gasteiger partial charge >= 0.3 is 6.03 Å². The molecule has 1 aliphatic rings. The highest BCUT2D eigenvalue weighted by Crippen LogP contribution is 2.20. The molecule has 3 aromatic rings. The summed E-state index contributed by atoms with van der Waals surface area (Å²) in [6.45, 7) is 6.14. The van der Waals surface area contributed by atoms with Crippen LogP contribution in [0.5, 0.6) is 0 Å². The fourth-order valence-electron chi connectivity index (χ4n) is 4.15.